The molecule has 3 heterocycles. The molecule has 0 bridgehead atoms. The fourth-order valence-electron chi connectivity index (χ4n) is 2.36. The number of halogens is 2. The van der Waals surface area contributed by atoms with Crippen LogP contribution in [0.3, 0.4) is 0 Å². The Kier molecular flexibility index (Phi) is 5.58. The first-order valence-corrected chi connectivity index (χ1v) is 10.9. The van der Waals surface area contributed by atoms with E-state index in [2.05, 4.69) is 63.0 Å². The Morgan fingerprint density at radius 2 is 1.45 bits per heavy atom. The third-order valence-electron chi connectivity index (χ3n) is 3.37. The predicted octanol–water partition coefficient (Wildman–Crippen LogP) is 6.83. The molecular formula is C16H14Br2OS3. The number of hydrogen-bond acceptors (Lipinski definition) is 4. The summed E-state index contributed by atoms with van der Waals surface area (Å²) in [6, 6.07) is 8.76. The Labute approximate surface area is 158 Å². The van der Waals surface area contributed by atoms with Crippen molar-refractivity contribution < 1.29 is 5.11 Å². The van der Waals surface area contributed by atoms with Crippen LogP contribution in [0.15, 0.2) is 31.8 Å². The molecule has 0 aliphatic carbocycles. The van der Waals surface area contributed by atoms with Crippen LogP contribution in [0, 0.1) is 0 Å². The molecule has 0 saturated heterocycles. The number of aliphatic hydroxyl groups excluding tert-OH is 1. The monoisotopic (exact) mass is 476 g/mol. The lowest BCUT2D eigenvalue weighted by Gasteiger charge is -1.99. The molecule has 0 amide bonds. The van der Waals surface area contributed by atoms with E-state index in [0.717, 1.165) is 10.2 Å². The van der Waals surface area contributed by atoms with Crippen molar-refractivity contribution in [1.82, 2.24) is 0 Å². The molecule has 0 unspecified atom stereocenters. The van der Waals surface area contributed by atoms with Gasteiger partial charge in [-0.25, -0.2) is 0 Å². The summed E-state index contributed by atoms with van der Waals surface area (Å²) in [4.78, 5) is 5.23. The Bertz CT molecular complexity index is 785. The van der Waals surface area contributed by atoms with Gasteiger partial charge in [0.25, 0.3) is 0 Å². The van der Waals surface area contributed by atoms with Crippen molar-refractivity contribution in [2.75, 3.05) is 6.61 Å². The van der Waals surface area contributed by atoms with Crippen LogP contribution in [0.5, 0.6) is 0 Å². The first-order chi connectivity index (χ1) is 10.6. The fourth-order valence-corrected chi connectivity index (χ4v) is 7.09. The van der Waals surface area contributed by atoms with Crippen LogP contribution in [-0.2, 0) is 12.8 Å². The molecule has 3 rings (SSSR count). The van der Waals surface area contributed by atoms with Gasteiger partial charge >= 0.3 is 0 Å². The highest BCUT2D eigenvalue weighted by Gasteiger charge is 2.15. The van der Waals surface area contributed by atoms with E-state index in [0.29, 0.717) is 6.42 Å². The second kappa shape index (κ2) is 7.28. The summed E-state index contributed by atoms with van der Waals surface area (Å²) >= 11 is 12.5. The first-order valence-electron chi connectivity index (χ1n) is 6.90. The van der Waals surface area contributed by atoms with E-state index in [1.807, 2.05) is 11.3 Å². The highest BCUT2D eigenvalue weighted by atomic mass is 79.9. The van der Waals surface area contributed by atoms with Gasteiger partial charge in [0, 0.05) is 26.1 Å². The van der Waals surface area contributed by atoms with Crippen molar-refractivity contribution in [3.8, 4) is 19.5 Å². The fraction of sp³-hybridized carbons (Fsp3) is 0.250. The average Bonchev–Trinajstić information content (AvgIpc) is 3.17. The maximum Gasteiger partial charge on any atom is 0.0708 e. The number of aliphatic hydroxyl groups is 1. The van der Waals surface area contributed by atoms with Crippen molar-refractivity contribution in [2.24, 2.45) is 0 Å². The zero-order valence-corrected chi connectivity index (χ0v) is 17.5. The molecule has 0 aliphatic heterocycles. The highest BCUT2D eigenvalue weighted by molar-refractivity contribution is 9.11. The normalized spacial score (nSPS) is 11.3. The second-order valence-corrected chi connectivity index (χ2v) is 10.7. The van der Waals surface area contributed by atoms with E-state index in [9.17, 15) is 5.11 Å². The van der Waals surface area contributed by atoms with E-state index in [-0.39, 0.29) is 6.61 Å². The molecule has 0 fully saturated rings. The molecule has 3 aromatic heterocycles. The van der Waals surface area contributed by atoms with Gasteiger partial charge in [-0.15, -0.1) is 34.0 Å². The lowest BCUT2D eigenvalue weighted by atomic mass is 10.1. The predicted molar refractivity (Wildman–Crippen MR) is 107 cm³/mol. The molecule has 0 saturated carbocycles. The molecule has 116 valence electrons. The lowest BCUT2D eigenvalue weighted by Crippen LogP contribution is -1.88. The standard InChI is InChI=1S/C16H14Br2OS3/c1-2-9-7-13(17)21-15(9)11-3-4-12(20-11)16-10(5-6-19)8-14(18)22-16/h3-4,7-8,19H,2,5-6H2,1H3. The third kappa shape index (κ3) is 3.42. The maximum atomic E-state index is 9.24. The number of thiophene rings is 3. The van der Waals surface area contributed by atoms with Crippen LogP contribution in [0.2, 0.25) is 0 Å². The molecule has 6 heteroatoms. The van der Waals surface area contributed by atoms with Gasteiger partial charge in [0.15, 0.2) is 0 Å². The van der Waals surface area contributed by atoms with Crippen LogP contribution in [0.4, 0.5) is 0 Å². The van der Waals surface area contributed by atoms with Crippen LogP contribution >= 0.6 is 65.9 Å². The minimum atomic E-state index is 0.187. The van der Waals surface area contributed by atoms with Gasteiger partial charge in [-0.1, -0.05) is 6.92 Å². The van der Waals surface area contributed by atoms with Crippen molar-refractivity contribution in [3.63, 3.8) is 0 Å². The Morgan fingerprint density at radius 3 is 2.00 bits per heavy atom. The van der Waals surface area contributed by atoms with E-state index in [1.165, 1.54) is 34.4 Å². The van der Waals surface area contributed by atoms with Gasteiger partial charge in [-0.3, -0.25) is 0 Å². The molecule has 1 nitrogen and oxygen atoms in total. The number of aryl methyl sites for hydroxylation is 1. The highest BCUT2D eigenvalue weighted by Crippen LogP contribution is 2.45. The Hall–Kier alpha value is 0.0200. The largest absolute Gasteiger partial charge is 0.396 e. The molecule has 1 N–H and O–H groups in total. The van der Waals surface area contributed by atoms with Gasteiger partial charge in [0.05, 0.1) is 7.57 Å². The van der Waals surface area contributed by atoms with Crippen LogP contribution in [0.25, 0.3) is 19.5 Å². The van der Waals surface area contributed by atoms with Crippen molar-refractivity contribution in [1.29, 1.82) is 0 Å². The average molecular weight is 478 g/mol. The summed E-state index contributed by atoms with van der Waals surface area (Å²) < 4.78 is 2.31. The SMILES string of the molecule is CCc1cc(Br)sc1-c1ccc(-c2sc(Br)cc2CCO)s1. The summed E-state index contributed by atoms with van der Waals surface area (Å²) in [5, 5.41) is 9.24. The molecule has 0 radical (unpaired) electrons. The summed E-state index contributed by atoms with van der Waals surface area (Å²) in [7, 11) is 0. The van der Waals surface area contributed by atoms with Gasteiger partial charge in [-0.05, 0) is 80.1 Å². The molecule has 0 spiro atoms. The van der Waals surface area contributed by atoms with Gasteiger partial charge in [0.2, 0.25) is 0 Å². The van der Waals surface area contributed by atoms with E-state index < -0.39 is 0 Å². The zero-order chi connectivity index (χ0) is 15.7. The van der Waals surface area contributed by atoms with Crippen molar-refractivity contribution in [3.05, 3.63) is 43.0 Å². The van der Waals surface area contributed by atoms with Crippen LogP contribution in [0.1, 0.15) is 18.1 Å². The Balaban J connectivity index is 2.00. The third-order valence-corrected chi connectivity index (χ3v) is 8.18. The van der Waals surface area contributed by atoms with Gasteiger partial charge < -0.3 is 5.11 Å². The maximum absolute atomic E-state index is 9.24. The van der Waals surface area contributed by atoms with Crippen molar-refractivity contribution >= 4 is 65.9 Å². The van der Waals surface area contributed by atoms with Crippen LogP contribution < -0.4 is 0 Å². The Morgan fingerprint density at radius 1 is 0.909 bits per heavy atom. The van der Waals surface area contributed by atoms with Crippen molar-refractivity contribution in [2.45, 2.75) is 19.8 Å². The quantitative estimate of drug-likeness (QED) is 0.427. The minimum Gasteiger partial charge on any atom is -0.396 e. The summed E-state index contributed by atoms with van der Waals surface area (Å²) in [5.41, 5.74) is 2.61. The summed E-state index contributed by atoms with van der Waals surface area (Å²) in [6.07, 6.45) is 1.75. The number of rotatable bonds is 5. The van der Waals surface area contributed by atoms with Gasteiger partial charge in [-0.2, -0.15) is 0 Å². The molecule has 3 aromatic rings. The van der Waals surface area contributed by atoms with E-state index in [4.69, 9.17) is 0 Å². The van der Waals surface area contributed by atoms with E-state index >= 15 is 0 Å². The molecular weight excluding hydrogens is 464 g/mol. The van der Waals surface area contributed by atoms with E-state index in [1.54, 1.807) is 22.7 Å². The number of hydrogen-bond donors (Lipinski definition) is 1. The molecule has 0 aromatic carbocycles. The van der Waals surface area contributed by atoms with Gasteiger partial charge in [0.1, 0.15) is 0 Å². The minimum absolute atomic E-state index is 0.187. The summed E-state index contributed by atoms with van der Waals surface area (Å²) in [6.45, 7) is 2.38. The topological polar surface area (TPSA) is 20.2 Å². The smallest absolute Gasteiger partial charge is 0.0708 e. The van der Waals surface area contributed by atoms with Crippen LogP contribution in [-0.4, -0.2) is 11.7 Å². The molecule has 0 atom stereocenters. The lowest BCUT2D eigenvalue weighted by molar-refractivity contribution is 0.300. The first kappa shape index (κ1) is 16.9. The molecule has 22 heavy (non-hydrogen) atoms. The second-order valence-electron chi connectivity index (χ2n) is 4.80. The molecule has 0 aliphatic rings. The zero-order valence-electron chi connectivity index (χ0n) is 11.9. The summed E-state index contributed by atoms with van der Waals surface area (Å²) in [5.74, 6) is 0.